The maximum Gasteiger partial charge on any atom is 0.324 e. The molecule has 1 heterocycles. The van der Waals surface area contributed by atoms with Crippen LogP contribution in [0.15, 0.2) is 28.7 Å². The topological polar surface area (TPSA) is 43.8 Å². The van der Waals surface area contributed by atoms with E-state index in [0.717, 1.165) is 29.7 Å². The normalized spacial score (nSPS) is 16.5. The van der Waals surface area contributed by atoms with Crippen LogP contribution in [0.4, 0.5) is 10.5 Å². The molecule has 1 aromatic carbocycles. The molecule has 0 spiro atoms. The Morgan fingerprint density at radius 2 is 2.18 bits per heavy atom. The van der Waals surface area contributed by atoms with Crippen LogP contribution in [0.2, 0.25) is 0 Å². The molecule has 1 N–H and O–H groups in total. The van der Waals surface area contributed by atoms with E-state index in [1.807, 2.05) is 24.3 Å². The molecule has 1 aliphatic rings. The molecule has 1 aromatic rings. The quantitative estimate of drug-likeness (QED) is 0.928. The molecule has 0 aliphatic carbocycles. The van der Waals surface area contributed by atoms with Gasteiger partial charge in [0.1, 0.15) is 0 Å². The predicted molar refractivity (Wildman–Crippen MR) is 70.2 cm³/mol. The highest BCUT2D eigenvalue weighted by atomic mass is 79.9. The molecule has 0 bridgehead atoms. The SMILES string of the molecule is O=C1N(CCO)CCCN1c1cccc(Br)c1. The average molecular weight is 299 g/mol. The summed E-state index contributed by atoms with van der Waals surface area (Å²) in [5.74, 6) is 0. The number of anilines is 1. The Labute approximate surface area is 109 Å². The number of urea groups is 1. The number of aliphatic hydroxyl groups is 1. The molecule has 0 atom stereocenters. The number of rotatable bonds is 3. The van der Waals surface area contributed by atoms with Gasteiger partial charge in [-0.15, -0.1) is 0 Å². The van der Waals surface area contributed by atoms with Gasteiger partial charge in [0.05, 0.1) is 6.61 Å². The van der Waals surface area contributed by atoms with Crippen molar-refractivity contribution in [3.8, 4) is 0 Å². The van der Waals surface area contributed by atoms with E-state index >= 15 is 0 Å². The van der Waals surface area contributed by atoms with Crippen molar-refractivity contribution in [3.05, 3.63) is 28.7 Å². The first-order valence-corrected chi connectivity index (χ1v) is 6.44. The second-order valence-electron chi connectivity index (χ2n) is 3.98. The van der Waals surface area contributed by atoms with Crippen molar-refractivity contribution in [3.63, 3.8) is 0 Å². The van der Waals surface area contributed by atoms with E-state index in [-0.39, 0.29) is 12.6 Å². The summed E-state index contributed by atoms with van der Waals surface area (Å²) >= 11 is 3.40. The zero-order chi connectivity index (χ0) is 12.3. The zero-order valence-corrected chi connectivity index (χ0v) is 11.1. The number of amides is 2. The van der Waals surface area contributed by atoms with E-state index in [4.69, 9.17) is 5.11 Å². The Morgan fingerprint density at radius 3 is 2.88 bits per heavy atom. The third-order valence-electron chi connectivity index (χ3n) is 2.80. The largest absolute Gasteiger partial charge is 0.395 e. The van der Waals surface area contributed by atoms with E-state index in [2.05, 4.69) is 15.9 Å². The number of hydrogen-bond donors (Lipinski definition) is 1. The third kappa shape index (κ3) is 2.79. The fraction of sp³-hybridized carbons (Fsp3) is 0.417. The second kappa shape index (κ2) is 5.51. The Kier molecular flexibility index (Phi) is 4.02. The number of benzene rings is 1. The summed E-state index contributed by atoms with van der Waals surface area (Å²) in [7, 11) is 0. The number of carbonyl (C=O) groups excluding carboxylic acids is 1. The molecule has 4 nitrogen and oxygen atoms in total. The van der Waals surface area contributed by atoms with Crippen molar-refractivity contribution < 1.29 is 9.90 Å². The number of aliphatic hydroxyl groups excluding tert-OH is 1. The Bertz CT molecular complexity index is 409. The van der Waals surface area contributed by atoms with Gasteiger partial charge in [0, 0.05) is 29.8 Å². The van der Waals surface area contributed by atoms with Crippen LogP contribution in [0.3, 0.4) is 0 Å². The minimum atomic E-state index is -0.0246. The highest BCUT2D eigenvalue weighted by Crippen LogP contribution is 2.23. The van der Waals surface area contributed by atoms with Gasteiger partial charge < -0.3 is 10.0 Å². The Morgan fingerprint density at radius 1 is 1.35 bits per heavy atom. The first-order chi connectivity index (χ1) is 8.22. The van der Waals surface area contributed by atoms with Gasteiger partial charge in [-0.2, -0.15) is 0 Å². The summed E-state index contributed by atoms with van der Waals surface area (Å²) < 4.78 is 0.960. The van der Waals surface area contributed by atoms with Gasteiger partial charge in [0.2, 0.25) is 0 Å². The van der Waals surface area contributed by atoms with Gasteiger partial charge in [-0.05, 0) is 24.6 Å². The molecule has 2 rings (SSSR count). The maximum absolute atomic E-state index is 12.2. The van der Waals surface area contributed by atoms with Crippen molar-refractivity contribution in [2.45, 2.75) is 6.42 Å². The van der Waals surface area contributed by atoms with Crippen LogP contribution < -0.4 is 4.90 Å². The standard InChI is InChI=1S/C12H15BrN2O2/c13-10-3-1-4-11(9-10)15-6-2-5-14(7-8-16)12(15)17/h1,3-4,9,16H,2,5-8H2. The van der Waals surface area contributed by atoms with Crippen LogP contribution in [-0.4, -0.2) is 42.3 Å². The van der Waals surface area contributed by atoms with Crippen LogP contribution >= 0.6 is 15.9 Å². The lowest BCUT2D eigenvalue weighted by Crippen LogP contribution is -2.50. The lowest BCUT2D eigenvalue weighted by atomic mass is 10.2. The van der Waals surface area contributed by atoms with E-state index in [0.29, 0.717) is 6.54 Å². The van der Waals surface area contributed by atoms with Crippen LogP contribution in [-0.2, 0) is 0 Å². The fourth-order valence-corrected chi connectivity index (χ4v) is 2.38. The van der Waals surface area contributed by atoms with Crippen molar-refractivity contribution in [1.29, 1.82) is 0 Å². The number of hydrogen-bond acceptors (Lipinski definition) is 2. The summed E-state index contributed by atoms with van der Waals surface area (Å²) in [5, 5.41) is 8.92. The van der Waals surface area contributed by atoms with E-state index in [1.165, 1.54) is 0 Å². The zero-order valence-electron chi connectivity index (χ0n) is 9.47. The number of nitrogens with zero attached hydrogens (tertiary/aromatic N) is 2. The molecular formula is C12H15BrN2O2. The van der Waals surface area contributed by atoms with Crippen molar-refractivity contribution in [2.24, 2.45) is 0 Å². The number of halogens is 1. The average Bonchev–Trinajstić information content (AvgIpc) is 2.32. The van der Waals surface area contributed by atoms with Gasteiger partial charge in [-0.1, -0.05) is 22.0 Å². The molecule has 0 aromatic heterocycles. The summed E-state index contributed by atoms with van der Waals surface area (Å²) in [6, 6.07) is 7.68. The van der Waals surface area contributed by atoms with E-state index < -0.39 is 0 Å². The number of carbonyl (C=O) groups is 1. The molecule has 17 heavy (non-hydrogen) atoms. The van der Waals surface area contributed by atoms with Crippen molar-refractivity contribution in [1.82, 2.24) is 4.90 Å². The lowest BCUT2D eigenvalue weighted by Gasteiger charge is -2.35. The summed E-state index contributed by atoms with van der Waals surface area (Å²) in [4.78, 5) is 15.6. The molecular weight excluding hydrogens is 284 g/mol. The van der Waals surface area contributed by atoms with E-state index in [9.17, 15) is 4.79 Å². The van der Waals surface area contributed by atoms with Crippen LogP contribution in [0.25, 0.3) is 0 Å². The van der Waals surface area contributed by atoms with E-state index in [1.54, 1.807) is 9.80 Å². The summed E-state index contributed by atoms with van der Waals surface area (Å²) in [6.45, 7) is 1.88. The third-order valence-corrected chi connectivity index (χ3v) is 3.29. The van der Waals surface area contributed by atoms with Crippen LogP contribution in [0.5, 0.6) is 0 Å². The molecule has 92 valence electrons. The summed E-state index contributed by atoms with van der Waals surface area (Å²) in [6.07, 6.45) is 0.929. The van der Waals surface area contributed by atoms with Crippen molar-refractivity contribution in [2.75, 3.05) is 31.1 Å². The Balaban J connectivity index is 2.17. The molecule has 0 unspecified atom stereocenters. The van der Waals surface area contributed by atoms with Gasteiger partial charge in [0.25, 0.3) is 0 Å². The molecule has 2 amide bonds. The molecule has 5 heteroatoms. The lowest BCUT2D eigenvalue weighted by molar-refractivity contribution is 0.174. The highest BCUT2D eigenvalue weighted by Gasteiger charge is 2.26. The smallest absolute Gasteiger partial charge is 0.324 e. The minimum Gasteiger partial charge on any atom is -0.395 e. The first kappa shape index (κ1) is 12.4. The second-order valence-corrected chi connectivity index (χ2v) is 4.89. The molecule has 1 aliphatic heterocycles. The molecule has 0 saturated carbocycles. The molecule has 1 fully saturated rings. The monoisotopic (exact) mass is 298 g/mol. The maximum atomic E-state index is 12.2. The highest BCUT2D eigenvalue weighted by molar-refractivity contribution is 9.10. The minimum absolute atomic E-state index is 0.0120. The van der Waals surface area contributed by atoms with Crippen LogP contribution in [0, 0.1) is 0 Å². The van der Waals surface area contributed by atoms with Crippen LogP contribution in [0.1, 0.15) is 6.42 Å². The molecule has 1 saturated heterocycles. The predicted octanol–water partition coefficient (Wildman–Crippen LogP) is 2.07. The fourth-order valence-electron chi connectivity index (χ4n) is 1.99. The first-order valence-electron chi connectivity index (χ1n) is 5.65. The van der Waals surface area contributed by atoms with Gasteiger partial charge in [0.15, 0.2) is 0 Å². The van der Waals surface area contributed by atoms with Gasteiger partial charge in [-0.3, -0.25) is 4.90 Å². The van der Waals surface area contributed by atoms with Crippen molar-refractivity contribution >= 4 is 27.6 Å². The Hall–Kier alpha value is -1.07. The summed E-state index contributed by atoms with van der Waals surface area (Å²) in [5.41, 5.74) is 0.895. The number of β-amino-alcohol motifs (C(OH)–C–C–N with tert-alkyl or cyclic N) is 1. The van der Waals surface area contributed by atoms with Gasteiger partial charge in [-0.25, -0.2) is 4.79 Å². The van der Waals surface area contributed by atoms with Gasteiger partial charge >= 0.3 is 6.03 Å². The molecule has 0 radical (unpaired) electrons.